The molecule has 1 heterocycles. The van der Waals surface area contributed by atoms with Gasteiger partial charge in [0.15, 0.2) is 0 Å². The lowest BCUT2D eigenvalue weighted by Crippen LogP contribution is -2.38. The van der Waals surface area contributed by atoms with E-state index in [-0.39, 0.29) is 12.4 Å². The lowest BCUT2D eigenvalue weighted by Gasteiger charge is -2.22. The molecule has 1 atom stereocenters. The number of rotatable bonds is 1. The average Bonchev–Trinajstić information content (AvgIpc) is 2.46. The fourth-order valence-electron chi connectivity index (χ4n) is 1.59. The van der Waals surface area contributed by atoms with Gasteiger partial charge in [0.2, 0.25) is 0 Å². The van der Waals surface area contributed by atoms with Crippen LogP contribution in [0.4, 0.5) is 9.18 Å². The van der Waals surface area contributed by atoms with Crippen molar-refractivity contribution in [1.29, 1.82) is 0 Å². The first-order valence-electron chi connectivity index (χ1n) is 4.42. The highest BCUT2D eigenvalue weighted by Crippen LogP contribution is 2.29. The monoisotopic (exact) mass is 273 g/mol. The van der Waals surface area contributed by atoms with Gasteiger partial charge in [-0.25, -0.2) is 9.18 Å². The number of cyclic esters (lactones) is 1. The van der Waals surface area contributed by atoms with Crippen LogP contribution in [0.25, 0.3) is 0 Å². The van der Waals surface area contributed by atoms with E-state index in [2.05, 4.69) is 21.2 Å². The van der Waals surface area contributed by atoms with Gasteiger partial charge in [-0.2, -0.15) is 0 Å². The van der Waals surface area contributed by atoms with Crippen molar-refractivity contribution in [3.8, 4) is 0 Å². The number of alkyl carbamates (subject to hydrolysis) is 1. The highest BCUT2D eigenvalue weighted by molar-refractivity contribution is 9.10. The van der Waals surface area contributed by atoms with Gasteiger partial charge in [-0.05, 0) is 19.1 Å². The first kappa shape index (κ1) is 10.4. The van der Waals surface area contributed by atoms with Crippen LogP contribution < -0.4 is 5.32 Å². The minimum absolute atomic E-state index is 0.143. The second-order valence-electron chi connectivity index (χ2n) is 3.66. The van der Waals surface area contributed by atoms with E-state index in [1.54, 1.807) is 19.1 Å². The molecule has 1 amide bonds. The molecule has 1 unspecified atom stereocenters. The van der Waals surface area contributed by atoms with Crippen molar-refractivity contribution < 1.29 is 13.9 Å². The van der Waals surface area contributed by atoms with Crippen LogP contribution in [0.15, 0.2) is 22.7 Å². The Balaban J connectivity index is 2.41. The SMILES string of the molecule is CC1(c2ccc(Br)cc2F)COC(=O)N1. The molecule has 80 valence electrons. The van der Waals surface area contributed by atoms with Gasteiger partial charge in [-0.1, -0.05) is 22.0 Å². The summed E-state index contributed by atoms with van der Waals surface area (Å²) in [7, 11) is 0. The van der Waals surface area contributed by atoms with Crippen molar-refractivity contribution >= 4 is 22.0 Å². The number of nitrogens with one attached hydrogen (secondary N) is 1. The smallest absolute Gasteiger partial charge is 0.408 e. The molecule has 1 aromatic rings. The molecule has 1 aliphatic rings. The molecule has 1 N–H and O–H groups in total. The van der Waals surface area contributed by atoms with Gasteiger partial charge in [-0.15, -0.1) is 0 Å². The predicted molar refractivity (Wildman–Crippen MR) is 55.9 cm³/mol. The minimum Gasteiger partial charge on any atom is -0.447 e. The van der Waals surface area contributed by atoms with Crippen LogP contribution in [0.1, 0.15) is 12.5 Å². The first-order valence-corrected chi connectivity index (χ1v) is 5.21. The Hall–Kier alpha value is -1.10. The molecule has 15 heavy (non-hydrogen) atoms. The Bertz CT molecular complexity index is 424. The third kappa shape index (κ3) is 1.84. The van der Waals surface area contributed by atoms with Crippen LogP contribution in [-0.2, 0) is 10.3 Å². The van der Waals surface area contributed by atoms with E-state index in [0.717, 1.165) is 0 Å². The predicted octanol–water partition coefficient (Wildman–Crippen LogP) is 2.54. The average molecular weight is 274 g/mol. The molecule has 0 spiro atoms. The molecule has 0 radical (unpaired) electrons. The summed E-state index contributed by atoms with van der Waals surface area (Å²) < 4.78 is 19.1. The van der Waals surface area contributed by atoms with Gasteiger partial charge < -0.3 is 10.1 Å². The number of hydrogen-bond donors (Lipinski definition) is 1. The first-order chi connectivity index (χ1) is 7.01. The molecule has 1 aliphatic heterocycles. The molecule has 2 rings (SSSR count). The van der Waals surface area contributed by atoms with Crippen LogP contribution in [0, 0.1) is 5.82 Å². The minimum atomic E-state index is -0.776. The van der Waals surface area contributed by atoms with Crippen LogP contribution in [-0.4, -0.2) is 12.7 Å². The maximum atomic E-state index is 13.6. The summed E-state index contributed by atoms with van der Waals surface area (Å²) in [6, 6.07) is 4.73. The summed E-state index contributed by atoms with van der Waals surface area (Å²) in [6.45, 7) is 1.87. The van der Waals surface area contributed by atoms with Crippen molar-refractivity contribution in [1.82, 2.24) is 5.32 Å². The largest absolute Gasteiger partial charge is 0.447 e. The molecule has 0 aromatic heterocycles. The standard InChI is InChI=1S/C10H9BrFNO2/c1-10(5-15-9(14)13-10)7-3-2-6(11)4-8(7)12/h2-4H,5H2,1H3,(H,13,14). The van der Waals surface area contributed by atoms with Gasteiger partial charge >= 0.3 is 6.09 Å². The Labute approximate surface area is 94.7 Å². The van der Waals surface area contributed by atoms with Crippen molar-refractivity contribution in [3.63, 3.8) is 0 Å². The molecule has 1 saturated heterocycles. The van der Waals surface area contributed by atoms with E-state index in [0.29, 0.717) is 10.0 Å². The van der Waals surface area contributed by atoms with Gasteiger partial charge in [-0.3, -0.25) is 0 Å². The topological polar surface area (TPSA) is 38.3 Å². The van der Waals surface area contributed by atoms with Crippen molar-refractivity contribution in [3.05, 3.63) is 34.1 Å². The molecule has 1 fully saturated rings. The second kappa shape index (κ2) is 3.48. The summed E-state index contributed by atoms with van der Waals surface area (Å²) in [6.07, 6.45) is -0.514. The van der Waals surface area contributed by atoms with Crippen molar-refractivity contribution in [2.45, 2.75) is 12.5 Å². The van der Waals surface area contributed by atoms with E-state index in [1.807, 2.05) is 0 Å². The molecule has 5 heteroatoms. The maximum absolute atomic E-state index is 13.6. The fraction of sp³-hybridized carbons (Fsp3) is 0.300. The number of carbonyl (C=O) groups is 1. The molecule has 0 bridgehead atoms. The van der Waals surface area contributed by atoms with Crippen LogP contribution in [0.3, 0.4) is 0 Å². The molecular formula is C10H9BrFNO2. The summed E-state index contributed by atoms with van der Waals surface area (Å²) in [4.78, 5) is 10.9. The zero-order chi connectivity index (χ0) is 11.1. The molecule has 1 aromatic carbocycles. The highest BCUT2D eigenvalue weighted by Gasteiger charge is 2.38. The summed E-state index contributed by atoms with van der Waals surface area (Å²) >= 11 is 3.18. The zero-order valence-corrected chi connectivity index (χ0v) is 9.60. The van der Waals surface area contributed by atoms with E-state index in [9.17, 15) is 9.18 Å². The van der Waals surface area contributed by atoms with Gasteiger partial charge in [0.05, 0.1) is 0 Å². The second-order valence-corrected chi connectivity index (χ2v) is 4.57. The van der Waals surface area contributed by atoms with E-state index in [4.69, 9.17) is 4.74 Å². The van der Waals surface area contributed by atoms with E-state index < -0.39 is 11.6 Å². The number of hydrogen-bond acceptors (Lipinski definition) is 2. The summed E-state index contributed by atoms with van der Waals surface area (Å²) in [5, 5.41) is 2.59. The normalized spacial score (nSPS) is 24.9. The number of halogens is 2. The summed E-state index contributed by atoms with van der Waals surface area (Å²) in [5.41, 5.74) is -0.349. The zero-order valence-electron chi connectivity index (χ0n) is 8.01. The van der Waals surface area contributed by atoms with Gasteiger partial charge in [0.25, 0.3) is 0 Å². The van der Waals surface area contributed by atoms with E-state index >= 15 is 0 Å². The van der Waals surface area contributed by atoms with Crippen molar-refractivity contribution in [2.24, 2.45) is 0 Å². The third-order valence-electron chi connectivity index (χ3n) is 2.40. The molecular weight excluding hydrogens is 265 g/mol. The molecule has 0 aliphatic carbocycles. The fourth-order valence-corrected chi connectivity index (χ4v) is 1.92. The van der Waals surface area contributed by atoms with Crippen LogP contribution in [0.5, 0.6) is 0 Å². The Morgan fingerprint density at radius 2 is 2.33 bits per heavy atom. The number of benzene rings is 1. The summed E-state index contributed by atoms with van der Waals surface area (Å²) in [5.74, 6) is -0.363. The third-order valence-corrected chi connectivity index (χ3v) is 2.89. The molecule has 3 nitrogen and oxygen atoms in total. The lowest BCUT2D eigenvalue weighted by atomic mass is 9.93. The van der Waals surface area contributed by atoms with Crippen LogP contribution in [0.2, 0.25) is 0 Å². The Morgan fingerprint density at radius 1 is 1.60 bits per heavy atom. The Kier molecular flexibility index (Phi) is 2.42. The van der Waals surface area contributed by atoms with Gasteiger partial charge in [0.1, 0.15) is 18.0 Å². The number of amides is 1. The van der Waals surface area contributed by atoms with Crippen molar-refractivity contribution in [2.75, 3.05) is 6.61 Å². The Morgan fingerprint density at radius 3 is 2.87 bits per heavy atom. The number of ether oxygens (including phenoxy) is 1. The highest BCUT2D eigenvalue weighted by atomic mass is 79.9. The van der Waals surface area contributed by atoms with E-state index in [1.165, 1.54) is 6.07 Å². The van der Waals surface area contributed by atoms with Gasteiger partial charge in [0, 0.05) is 10.0 Å². The lowest BCUT2D eigenvalue weighted by molar-refractivity contribution is 0.173. The number of carbonyl (C=O) groups excluding carboxylic acids is 1. The quantitative estimate of drug-likeness (QED) is 0.854. The maximum Gasteiger partial charge on any atom is 0.408 e. The molecule has 0 saturated carbocycles. The van der Waals surface area contributed by atoms with Crippen LogP contribution >= 0.6 is 15.9 Å².